The summed E-state index contributed by atoms with van der Waals surface area (Å²) in [5, 5.41) is 6.04. The summed E-state index contributed by atoms with van der Waals surface area (Å²) in [6.07, 6.45) is 3.62. The Kier molecular flexibility index (Phi) is 7.48. The van der Waals surface area contributed by atoms with Crippen LogP contribution < -0.4 is 10.5 Å². The minimum atomic E-state index is -0.0249. The van der Waals surface area contributed by atoms with E-state index in [0.717, 1.165) is 36.3 Å². The first kappa shape index (κ1) is 25.3. The number of rotatable bonds is 7. The van der Waals surface area contributed by atoms with Crippen LogP contribution in [0.2, 0.25) is 5.02 Å². The molecule has 11 heteroatoms. The van der Waals surface area contributed by atoms with E-state index in [9.17, 15) is 4.79 Å². The first-order valence-corrected chi connectivity index (χ1v) is 13.2. The molecule has 4 heterocycles. The van der Waals surface area contributed by atoms with Gasteiger partial charge in [-0.1, -0.05) is 17.7 Å². The SMILES string of the molecule is Cc1cccc(COc2ccc(-c3nn([C@@H]4CCCN(C(=O)CCS)C4)c4ncnc(N)c34)cc2Cl)n1. The number of pyridine rings is 1. The number of carbonyl (C=O) groups excluding carboxylic acids is 1. The van der Waals surface area contributed by atoms with Gasteiger partial charge in [0.2, 0.25) is 5.91 Å². The third-order valence-corrected chi connectivity index (χ3v) is 6.98. The van der Waals surface area contributed by atoms with E-state index in [1.807, 2.05) is 52.9 Å². The van der Waals surface area contributed by atoms with Gasteiger partial charge < -0.3 is 15.4 Å². The van der Waals surface area contributed by atoms with Gasteiger partial charge in [-0.05, 0) is 55.9 Å². The summed E-state index contributed by atoms with van der Waals surface area (Å²) in [4.78, 5) is 27.6. The third kappa shape index (κ3) is 5.35. The van der Waals surface area contributed by atoms with Crippen molar-refractivity contribution in [3.05, 3.63) is 59.1 Å². The zero-order chi connectivity index (χ0) is 25.9. The van der Waals surface area contributed by atoms with Crippen LogP contribution in [-0.2, 0) is 11.4 Å². The van der Waals surface area contributed by atoms with Gasteiger partial charge in [0.1, 0.15) is 30.2 Å². The van der Waals surface area contributed by atoms with E-state index in [4.69, 9.17) is 27.2 Å². The average molecular weight is 538 g/mol. The van der Waals surface area contributed by atoms with Crippen molar-refractivity contribution in [2.24, 2.45) is 0 Å². The smallest absolute Gasteiger partial charge is 0.223 e. The molecule has 4 aromatic rings. The molecule has 0 spiro atoms. The number of piperidine rings is 1. The lowest BCUT2D eigenvalue weighted by Gasteiger charge is -2.33. The van der Waals surface area contributed by atoms with Gasteiger partial charge in [-0.15, -0.1) is 0 Å². The molecule has 0 aliphatic carbocycles. The summed E-state index contributed by atoms with van der Waals surface area (Å²) in [6.45, 7) is 3.55. The maximum Gasteiger partial charge on any atom is 0.223 e. The highest BCUT2D eigenvalue weighted by atomic mass is 35.5. The molecule has 3 aromatic heterocycles. The number of fused-ring (bicyclic) bond motifs is 1. The average Bonchev–Trinajstić information content (AvgIpc) is 3.29. The molecule has 0 bridgehead atoms. The van der Waals surface area contributed by atoms with Gasteiger partial charge in [-0.2, -0.15) is 17.7 Å². The van der Waals surface area contributed by atoms with Crippen LogP contribution in [0.15, 0.2) is 42.7 Å². The van der Waals surface area contributed by atoms with E-state index in [-0.39, 0.29) is 11.9 Å². The van der Waals surface area contributed by atoms with Crippen LogP contribution in [0.3, 0.4) is 0 Å². The molecule has 1 aromatic carbocycles. The van der Waals surface area contributed by atoms with E-state index in [1.165, 1.54) is 6.33 Å². The second-order valence-electron chi connectivity index (χ2n) is 9.06. The molecule has 192 valence electrons. The summed E-state index contributed by atoms with van der Waals surface area (Å²) in [5.74, 6) is 1.52. The zero-order valence-electron chi connectivity index (χ0n) is 20.5. The minimum Gasteiger partial charge on any atom is -0.486 e. The summed E-state index contributed by atoms with van der Waals surface area (Å²) < 4.78 is 7.80. The number of aryl methyl sites for hydroxylation is 1. The quantitative estimate of drug-likeness (QED) is 0.334. The molecule has 1 aliphatic rings. The first-order valence-electron chi connectivity index (χ1n) is 12.2. The summed E-state index contributed by atoms with van der Waals surface area (Å²) in [5.41, 5.74) is 10.1. The summed E-state index contributed by atoms with van der Waals surface area (Å²) in [6, 6.07) is 11.3. The van der Waals surface area contributed by atoms with Crippen molar-refractivity contribution in [1.29, 1.82) is 0 Å². The Hall–Kier alpha value is -3.37. The van der Waals surface area contributed by atoms with Crippen LogP contribution in [-0.4, -0.2) is 54.4 Å². The molecule has 2 N–H and O–H groups in total. The molecular weight excluding hydrogens is 510 g/mol. The molecule has 0 radical (unpaired) electrons. The van der Waals surface area contributed by atoms with Crippen molar-refractivity contribution >= 4 is 47.0 Å². The Morgan fingerprint density at radius 1 is 1.27 bits per heavy atom. The maximum atomic E-state index is 12.5. The third-order valence-electron chi connectivity index (χ3n) is 6.47. The summed E-state index contributed by atoms with van der Waals surface area (Å²) >= 11 is 10.8. The van der Waals surface area contributed by atoms with Gasteiger partial charge in [0.15, 0.2) is 5.65 Å². The number of nitrogens with zero attached hydrogens (tertiary/aromatic N) is 6. The predicted molar refractivity (Wildman–Crippen MR) is 147 cm³/mol. The number of benzene rings is 1. The van der Waals surface area contributed by atoms with Gasteiger partial charge in [-0.3, -0.25) is 9.78 Å². The standard InChI is InChI=1S/C26H28ClN7O2S/c1-16-4-2-5-18(31-16)14-36-21-8-7-17(12-20(21)27)24-23-25(28)29-15-30-26(23)34(32-24)19-6-3-10-33(13-19)22(35)9-11-37/h2,4-5,7-8,12,15,19,37H,3,6,9-11,13-14H2,1H3,(H2,28,29,30)/t19-/m1/s1. The molecular formula is C26H28ClN7O2S. The molecule has 5 rings (SSSR count). The number of likely N-dealkylation sites (tertiary alicyclic amines) is 1. The van der Waals surface area contributed by atoms with Crippen molar-refractivity contribution in [1.82, 2.24) is 29.6 Å². The van der Waals surface area contributed by atoms with Gasteiger partial charge >= 0.3 is 0 Å². The molecule has 1 saturated heterocycles. The highest BCUT2D eigenvalue weighted by Crippen LogP contribution is 2.37. The minimum absolute atomic E-state index is 0.0249. The number of amides is 1. The molecule has 0 saturated carbocycles. The summed E-state index contributed by atoms with van der Waals surface area (Å²) in [7, 11) is 0. The number of carbonyl (C=O) groups is 1. The number of ether oxygens (including phenoxy) is 1. The second-order valence-corrected chi connectivity index (χ2v) is 9.92. The lowest BCUT2D eigenvalue weighted by molar-refractivity contribution is -0.132. The zero-order valence-corrected chi connectivity index (χ0v) is 22.1. The van der Waals surface area contributed by atoms with E-state index < -0.39 is 0 Å². The molecule has 1 amide bonds. The topological polar surface area (TPSA) is 112 Å². The van der Waals surface area contributed by atoms with Gasteiger partial charge in [0.25, 0.3) is 0 Å². The second kappa shape index (κ2) is 10.9. The van der Waals surface area contributed by atoms with Gasteiger partial charge in [-0.25, -0.2) is 14.6 Å². The molecule has 1 fully saturated rings. The fourth-order valence-corrected chi connectivity index (χ4v) is 5.11. The van der Waals surface area contributed by atoms with Crippen molar-refractivity contribution in [3.8, 4) is 17.0 Å². The molecule has 9 nitrogen and oxygen atoms in total. The van der Waals surface area contributed by atoms with Crippen LogP contribution in [0.5, 0.6) is 5.75 Å². The number of hydrogen-bond acceptors (Lipinski definition) is 8. The lowest BCUT2D eigenvalue weighted by atomic mass is 10.1. The van der Waals surface area contributed by atoms with Crippen LogP contribution in [0, 0.1) is 6.92 Å². The number of nitrogens with two attached hydrogens (primary N) is 1. The Morgan fingerprint density at radius 2 is 2.14 bits per heavy atom. The molecule has 1 aliphatic heterocycles. The van der Waals surface area contributed by atoms with Crippen LogP contribution >= 0.6 is 24.2 Å². The Bertz CT molecular complexity index is 1440. The van der Waals surface area contributed by atoms with Gasteiger partial charge in [0, 0.05) is 30.8 Å². The fraction of sp³-hybridized carbons (Fsp3) is 0.346. The van der Waals surface area contributed by atoms with Crippen LogP contribution in [0.4, 0.5) is 5.82 Å². The van der Waals surface area contributed by atoms with E-state index in [0.29, 0.717) is 58.6 Å². The highest BCUT2D eigenvalue weighted by molar-refractivity contribution is 7.80. The number of hydrogen-bond donors (Lipinski definition) is 2. The number of nitrogen functional groups attached to an aromatic ring is 1. The molecule has 0 unspecified atom stereocenters. The van der Waals surface area contributed by atoms with Crippen molar-refractivity contribution in [3.63, 3.8) is 0 Å². The first-order chi connectivity index (χ1) is 17.9. The molecule has 1 atom stereocenters. The van der Waals surface area contributed by atoms with E-state index >= 15 is 0 Å². The van der Waals surface area contributed by atoms with Crippen molar-refractivity contribution in [2.45, 2.75) is 38.8 Å². The predicted octanol–water partition coefficient (Wildman–Crippen LogP) is 4.49. The number of aromatic nitrogens is 5. The Morgan fingerprint density at radius 3 is 2.92 bits per heavy atom. The van der Waals surface area contributed by atoms with Gasteiger partial charge in [0.05, 0.1) is 22.1 Å². The fourth-order valence-electron chi connectivity index (χ4n) is 4.68. The van der Waals surface area contributed by atoms with E-state index in [2.05, 4.69) is 27.6 Å². The maximum absolute atomic E-state index is 12.5. The number of anilines is 1. The van der Waals surface area contributed by atoms with Crippen LogP contribution in [0.25, 0.3) is 22.3 Å². The van der Waals surface area contributed by atoms with Crippen LogP contribution in [0.1, 0.15) is 36.7 Å². The monoisotopic (exact) mass is 537 g/mol. The lowest BCUT2D eigenvalue weighted by Crippen LogP contribution is -2.41. The highest BCUT2D eigenvalue weighted by Gasteiger charge is 2.28. The Labute approximate surface area is 225 Å². The number of thiol groups is 1. The van der Waals surface area contributed by atoms with Crippen molar-refractivity contribution < 1.29 is 9.53 Å². The van der Waals surface area contributed by atoms with E-state index in [1.54, 1.807) is 0 Å². The normalized spacial score (nSPS) is 15.8. The Balaban J connectivity index is 1.45. The van der Waals surface area contributed by atoms with Crippen molar-refractivity contribution in [2.75, 3.05) is 24.6 Å². The largest absolute Gasteiger partial charge is 0.486 e. The number of halogens is 1. The molecule has 37 heavy (non-hydrogen) atoms.